The van der Waals surface area contributed by atoms with Gasteiger partial charge in [-0.15, -0.1) is 0 Å². The van der Waals surface area contributed by atoms with Crippen molar-refractivity contribution >= 4 is 35.1 Å². The molecule has 0 saturated heterocycles. The first-order chi connectivity index (χ1) is 16.2. The lowest BCUT2D eigenvalue weighted by Crippen LogP contribution is -2.36. The van der Waals surface area contributed by atoms with Crippen LogP contribution in [0, 0.1) is 0 Å². The van der Waals surface area contributed by atoms with E-state index in [2.05, 4.69) is 5.32 Å². The number of carbonyl (C=O) groups excluding carboxylic acids is 3. The quantitative estimate of drug-likeness (QED) is 0.456. The van der Waals surface area contributed by atoms with Crippen molar-refractivity contribution in [3.05, 3.63) is 101 Å². The van der Waals surface area contributed by atoms with Gasteiger partial charge in [0.25, 0.3) is 11.8 Å². The largest absolute Gasteiger partial charge is 0.454 e. The zero-order valence-corrected chi connectivity index (χ0v) is 18.2. The molecule has 0 heterocycles. The summed E-state index contributed by atoms with van der Waals surface area (Å²) in [5.41, 5.74) is -1.10. The predicted molar refractivity (Wildman–Crippen MR) is 119 cm³/mol. The molecule has 0 aliphatic heterocycles. The molecule has 2 N–H and O–H groups in total. The minimum absolute atomic E-state index is 0.298. The lowest BCUT2D eigenvalue weighted by Gasteiger charge is -2.19. The van der Waals surface area contributed by atoms with Crippen molar-refractivity contribution in [1.82, 2.24) is 5.32 Å². The first-order valence-electron chi connectivity index (χ1n) is 9.90. The molecule has 3 aromatic carbocycles. The first-order valence-corrected chi connectivity index (χ1v) is 10.3. The molecule has 0 aromatic heterocycles. The Bertz CT molecular complexity index is 1170. The maximum Gasteiger partial charge on any atom is 0.418 e. The van der Waals surface area contributed by atoms with E-state index in [0.717, 1.165) is 12.1 Å². The summed E-state index contributed by atoms with van der Waals surface area (Å²) in [6.45, 7) is -0.897. The third-order valence-corrected chi connectivity index (χ3v) is 4.92. The van der Waals surface area contributed by atoms with E-state index < -0.39 is 47.9 Å². The number of para-hydroxylation sites is 1. The van der Waals surface area contributed by atoms with Gasteiger partial charge in [-0.05, 0) is 29.8 Å². The molecule has 0 bridgehead atoms. The first kappa shape index (κ1) is 24.8. The molecule has 0 aliphatic rings. The maximum absolute atomic E-state index is 13.2. The zero-order chi connectivity index (χ0) is 24.7. The van der Waals surface area contributed by atoms with Crippen LogP contribution in [0.2, 0.25) is 5.02 Å². The van der Waals surface area contributed by atoms with Crippen molar-refractivity contribution in [1.29, 1.82) is 0 Å². The molecule has 3 rings (SSSR count). The molecule has 1 atom stereocenters. The molecular weight excluding hydrogens is 473 g/mol. The van der Waals surface area contributed by atoms with E-state index in [1.165, 1.54) is 6.07 Å². The highest BCUT2D eigenvalue weighted by molar-refractivity contribution is 6.34. The van der Waals surface area contributed by atoms with E-state index in [9.17, 15) is 27.6 Å². The highest BCUT2D eigenvalue weighted by Crippen LogP contribution is 2.38. The Morgan fingerprint density at radius 3 is 2.12 bits per heavy atom. The van der Waals surface area contributed by atoms with Crippen LogP contribution in [0.25, 0.3) is 0 Å². The summed E-state index contributed by atoms with van der Waals surface area (Å²) in [4.78, 5) is 37.5. The number of ether oxygens (including phenoxy) is 1. The molecule has 0 aliphatic carbocycles. The lowest BCUT2D eigenvalue weighted by atomic mass is 10.1. The molecule has 1 unspecified atom stereocenters. The Morgan fingerprint density at radius 1 is 0.882 bits per heavy atom. The third kappa shape index (κ3) is 6.35. The maximum atomic E-state index is 13.2. The molecule has 0 radical (unpaired) electrons. The van der Waals surface area contributed by atoms with Crippen LogP contribution in [-0.4, -0.2) is 24.4 Å². The average molecular weight is 491 g/mol. The second-order valence-corrected chi connectivity index (χ2v) is 7.41. The Kier molecular flexibility index (Phi) is 7.91. The van der Waals surface area contributed by atoms with Gasteiger partial charge in [-0.3, -0.25) is 9.59 Å². The highest BCUT2D eigenvalue weighted by atomic mass is 35.5. The number of carbonyl (C=O) groups is 3. The molecule has 3 aromatic rings. The van der Waals surface area contributed by atoms with Gasteiger partial charge in [-0.25, -0.2) is 4.79 Å². The number of nitrogens with one attached hydrogen (secondary N) is 2. The summed E-state index contributed by atoms with van der Waals surface area (Å²) in [5, 5.41) is 4.25. The van der Waals surface area contributed by atoms with E-state index in [4.69, 9.17) is 16.3 Å². The molecule has 0 spiro atoms. The molecule has 0 saturated carbocycles. The molecule has 6 nitrogen and oxygen atoms in total. The van der Waals surface area contributed by atoms with Crippen LogP contribution >= 0.6 is 11.6 Å². The zero-order valence-electron chi connectivity index (χ0n) is 17.4. The number of amides is 2. The van der Waals surface area contributed by atoms with E-state index in [0.29, 0.717) is 11.1 Å². The number of alkyl halides is 3. The van der Waals surface area contributed by atoms with Gasteiger partial charge in [0, 0.05) is 5.56 Å². The number of anilines is 1. The molecule has 176 valence electrons. The number of rotatable bonds is 7. The van der Waals surface area contributed by atoms with Crippen LogP contribution < -0.4 is 10.6 Å². The van der Waals surface area contributed by atoms with Crippen LogP contribution in [-0.2, 0) is 20.5 Å². The summed E-state index contributed by atoms with van der Waals surface area (Å²) in [7, 11) is 0. The van der Waals surface area contributed by atoms with Gasteiger partial charge in [0.1, 0.15) is 0 Å². The Labute approximate surface area is 197 Å². The van der Waals surface area contributed by atoms with Gasteiger partial charge in [-0.2, -0.15) is 13.2 Å². The smallest absolute Gasteiger partial charge is 0.418 e. The average Bonchev–Trinajstić information content (AvgIpc) is 2.82. The highest BCUT2D eigenvalue weighted by Gasteiger charge is 2.35. The van der Waals surface area contributed by atoms with Crippen molar-refractivity contribution in [2.75, 3.05) is 11.9 Å². The van der Waals surface area contributed by atoms with Crippen molar-refractivity contribution in [2.24, 2.45) is 0 Å². The van der Waals surface area contributed by atoms with Gasteiger partial charge in [0.15, 0.2) is 12.6 Å². The van der Waals surface area contributed by atoms with Gasteiger partial charge in [0.05, 0.1) is 16.3 Å². The van der Waals surface area contributed by atoms with Crippen LogP contribution in [0.1, 0.15) is 27.5 Å². The molecular formula is C24H18ClF3N2O4. The van der Waals surface area contributed by atoms with Crippen molar-refractivity contribution in [3.63, 3.8) is 0 Å². The number of esters is 1. The normalized spacial score (nSPS) is 11.9. The minimum atomic E-state index is -4.76. The van der Waals surface area contributed by atoms with Crippen LogP contribution in [0.5, 0.6) is 0 Å². The standard InChI is InChI=1S/C24H18ClF3N2O4/c25-18-13-7-12-17(24(26,27)28)21(18)29-19(31)14-34-23(33)20(15-8-3-1-4-9-15)30-22(32)16-10-5-2-6-11-16/h1-13,20H,14H2,(H,29,31)(H,30,32). The Morgan fingerprint density at radius 2 is 1.50 bits per heavy atom. The monoisotopic (exact) mass is 490 g/mol. The second kappa shape index (κ2) is 10.8. The van der Waals surface area contributed by atoms with Crippen LogP contribution in [0.15, 0.2) is 78.9 Å². The fourth-order valence-corrected chi connectivity index (χ4v) is 3.23. The van der Waals surface area contributed by atoms with Gasteiger partial charge < -0.3 is 15.4 Å². The van der Waals surface area contributed by atoms with E-state index in [1.54, 1.807) is 60.7 Å². The summed E-state index contributed by atoms with van der Waals surface area (Å²) in [6.07, 6.45) is -4.76. The summed E-state index contributed by atoms with van der Waals surface area (Å²) in [5.74, 6) is -2.56. The fraction of sp³-hybridized carbons (Fsp3) is 0.125. The van der Waals surface area contributed by atoms with Crippen molar-refractivity contribution in [2.45, 2.75) is 12.2 Å². The lowest BCUT2D eigenvalue weighted by molar-refractivity contribution is -0.149. The predicted octanol–water partition coefficient (Wildman–Crippen LogP) is 5.01. The second-order valence-electron chi connectivity index (χ2n) is 7.00. The van der Waals surface area contributed by atoms with Crippen LogP contribution in [0.3, 0.4) is 0 Å². The van der Waals surface area contributed by atoms with E-state index >= 15 is 0 Å². The van der Waals surface area contributed by atoms with Gasteiger partial charge in [0.2, 0.25) is 0 Å². The number of halogens is 4. The van der Waals surface area contributed by atoms with E-state index in [-0.39, 0.29) is 5.02 Å². The molecule has 0 fully saturated rings. The number of hydrogen-bond acceptors (Lipinski definition) is 4. The summed E-state index contributed by atoms with van der Waals surface area (Å²) < 4.78 is 44.6. The number of benzene rings is 3. The van der Waals surface area contributed by atoms with Crippen LogP contribution in [0.4, 0.5) is 18.9 Å². The molecule has 10 heteroatoms. The van der Waals surface area contributed by atoms with Gasteiger partial charge in [-0.1, -0.05) is 66.2 Å². The molecule has 34 heavy (non-hydrogen) atoms. The summed E-state index contributed by atoms with van der Waals surface area (Å²) >= 11 is 5.82. The Hall–Kier alpha value is -3.85. The van der Waals surface area contributed by atoms with Gasteiger partial charge >= 0.3 is 12.1 Å². The minimum Gasteiger partial charge on any atom is -0.454 e. The van der Waals surface area contributed by atoms with E-state index in [1.807, 2.05) is 5.32 Å². The topological polar surface area (TPSA) is 84.5 Å². The van der Waals surface area contributed by atoms with Crippen molar-refractivity contribution in [3.8, 4) is 0 Å². The summed E-state index contributed by atoms with van der Waals surface area (Å²) in [6, 6.07) is 18.1. The Balaban J connectivity index is 1.72. The van der Waals surface area contributed by atoms with Crippen molar-refractivity contribution < 1.29 is 32.3 Å². The SMILES string of the molecule is O=C(COC(=O)C(NC(=O)c1ccccc1)c1ccccc1)Nc1c(Cl)cccc1C(F)(F)F. The molecule has 2 amide bonds. The fourth-order valence-electron chi connectivity index (χ4n) is 3.01. The number of hydrogen-bond donors (Lipinski definition) is 2. The third-order valence-electron chi connectivity index (χ3n) is 4.61.